The van der Waals surface area contributed by atoms with Crippen LogP contribution in [0.15, 0.2) is 18.2 Å². The summed E-state index contributed by atoms with van der Waals surface area (Å²) in [6.45, 7) is 1.70. The van der Waals surface area contributed by atoms with E-state index in [2.05, 4.69) is 6.07 Å². The van der Waals surface area contributed by atoms with Crippen LogP contribution in [0.25, 0.3) is 0 Å². The zero-order valence-electron chi connectivity index (χ0n) is 11.0. The second-order valence-electron chi connectivity index (χ2n) is 4.71. The largest absolute Gasteiger partial charge is 0.392 e. The number of hydrogen-bond acceptors (Lipinski definition) is 4. The van der Waals surface area contributed by atoms with E-state index in [-0.39, 0.29) is 12.5 Å². The lowest BCUT2D eigenvalue weighted by Gasteiger charge is -2.23. The molecule has 0 atom stereocenters. The monoisotopic (exact) mass is 259 g/mol. The van der Waals surface area contributed by atoms with E-state index < -0.39 is 0 Å². The fraction of sp³-hybridized carbons (Fsp3) is 0.429. The van der Waals surface area contributed by atoms with Crippen LogP contribution in [-0.4, -0.2) is 42.6 Å². The molecule has 1 saturated heterocycles. The maximum Gasteiger partial charge on any atom is 0.241 e. The van der Waals surface area contributed by atoms with Crippen LogP contribution in [0.1, 0.15) is 17.5 Å². The molecule has 19 heavy (non-hydrogen) atoms. The molecule has 100 valence electrons. The third kappa shape index (κ3) is 2.85. The van der Waals surface area contributed by atoms with Gasteiger partial charge in [0.25, 0.3) is 0 Å². The number of carbonyl (C=O) groups excluding carboxylic acids is 1. The molecule has 0 bridgehead atoms. The molecule has 0 aliphatic carbocycles. The lowest BCUT2D eigenvalue weighted by Crippen LogP contribution is -2.34. The third-order valence-corrected chi connectivity index (χ3v) is 3.38. The minimum Gasteiger partial charge on any atom is -0.392 e. The SMILES string of the molecule is CN1CCCN(c2ccc(CO)cc2C#N)CC1=O. The highest BCUT2D eigenvalue weighted by Gasteiger charge is 2.21. The number of hydrogen-bond donors (Lipinski definition) is 1. The maximum absolute atomic E-state index is 11.9. The van der Waals surface area contributed by atoms with Gasteiger partial charge in [0.05, 0.1) is 24.4 Å². The molecule has 1 aliphatic heterocycles. The van der Waals surface area contributed by atoms with E-state index in [0.717, 1.165) is 25.2 Å². The number of amides is 1. The minimum absolute atomic E-state index is 0.0626. The summed E-state index contributed by atoms with van der Waals surface area (Å²) in [6.07, 6.45) is 0.884. The quantitative estimate of drug-likeness (QED) is 0.849. The van der Waals surface area contributed by atoms with Gasteiger partial charge in [-0.25, -0.2) is 0 Å². The Morgan fingerprint density at radius 1 is 1.42 bits per heavy atom. The summed E-state index contributed by atoms with van der Waals surface area (Å²) < 4.78 is 0. The van der Waals surface area contributed by atoms with Gasteiger partial charge in [-0.1, -0.05) is 6.07 Å². The summed E-state index contributed by atoms with van der Waals surface area (Å²) in [6, 6.07) is 7.41. The van der Waals surface area contributed by atoms with Crippen LogP contribution < -0.4 is 4.90 Å². The normalized spacial score (nSPS) is 16.2. The standard InChI is InChI=1S/C14H17N3O2/c1-16-5-2-6-17(9-14(16)19)13-4-3-11(10-18)7-12(13)8-15/h3-4,7,18H,2,5-6,9-10H2,1H3. The summed E-state index contributed by atoms with van der Waals surface area (Å²) in [5.74, 6) is 0.0626. The summed E-state index contributed by atoms with van der Waals surface area (Å²) in [5.41, 5.74) is 1.98. The summed E-state index contributed by atoms with van der Waals surface area (Å²) in [4.78, 5) is 15.5. The maximum atomic E-state index is 11.9. The topological polar surface area (TPSA) is 67.6 Å². The Bertz CT molecular complexity index is 522. The van der Waals surface area contributed by atoms with Crippen molar-refractivity contribution in [1.29, 1.82) is 5.26 Å². The number of benzene rings is 1. The second-order valence-corrected chi connectivity index (χ2v) is 4.71. The van der Waals surface area contributed by atoms with Crippen molar-refractivity contribution in [3.05, 3.63) is 29.3 Å². The number of carbonyl (C=O) groups is 1. The average molecular weight is 259 g/mol. The van der Waals surface area contributed by atoms with Gasteiger partial charge in [0, 0.05) is 20.1 Å². The van der Waals surface area contributed by atoms with E-state index in [4.69, 9.17) is 5.11 Å². The molecule has 5 heteroatoms. The first-order valence-corrected chi connectivity index (χ1v) is 6.28. The van der Waals surface area contributed by atoms with E-state index in [1.54, 1.807) is 24.1 Å². The number of aliphatic hydroxyl groups excluding tert-OH is 1. The first kappa shape index (κ1) is 13.4. The molecule has 1 fully saturated rings. The van der Waals surface area contributed by atoms with Crippen LogP contribution in [0.5, 0.6) is 0 Å². The third-order valence-electron chi connectivity index (χ3n) is 3.38. The smallest absolute Gasteiger partial charge is 0.241 e. The predicted molar refractivity (Wildman–Crippen MR) is 71.5 cm³/mol. The van der Waals surface area contributed by atoms with Crippen LogP contribution in [0, 0.1) is 11.3 Å². The zero-order chi connectivity index (χ0) is 13.8. The van der Waals surface area contributed by atoms with Crippen molar-refractivity contribution in [2.24, 2.45) is 0 Å². The molecule has 0 unspecified atom stereocenters. The number of nitrogens with zero attached hydrogens (tertiary/aromatic N) is 3. The number of rotatable bonds is 2. The number of aliphatic hydroxyl groups is 1. The van der Waals surface area contributed by atoms with Crippen LogP contribution >= 0.6 is 0 Å². The van der Waals surface area contributed by atoms with E-state index >= 15 is 0 Å². The minimum atomic E-state index is -0.0867. The molecule has 1 aromatic carbocycles. The Labute approximate surface area is 112 Å². The molecule has 1 aromatic rings. The highest BCUT2D eigenvalue weighted by atomic mass is 16.3. The van der Waals surface area contributed by atoms with Gasteiger partial charge in [0.15, 0.2) is 0 Å². The summed E-state index contributed by atoms with van der Waals surface area (Å²) >= 11 is 0. The Balaban J connectivity index is 2.30. The Morgan fingerprint density at radius 3 is 2.89 bits per heavy atom. The molecule has 0 radical (unpaired) electrons. The highest BCUT2D eigenvalue weighted by Crippen LogP contribution is 2.23. The Kier molecular flexibility index (Phi) is 4.03. The van der Waals surface area contributed by atoms with E-state index in [9.17, 15) is 10.1 Å². The average Bonchev–Trinajstić information content (AvgIpc) is 2.60. The molecular formula is C14H17N3O2. The molecule has 0 aromatic heterocycles. The lowest BCUT2D eigenvalue weighted by atomic mass is 10.1. The van der Waals surface area contributed by atoms with Crippen molar-refractivity contribution in [2.45, 2.75) is 13.0 Å². The van der Waals surface area contributed by atoms with Crippen LogP contribution in [0.4, 0.5) is 5.69 Å². The van der Waals surface area contributed by atoms with Crippen LogP contribution in [0.2, 0.25) is 0 Å². The molecule has 2 rings (SSSR count). The van der Waals surface area contributed by atoms with Gasteiger partial charge >= 0.3 is 0 Å². The Morgan fingerprint density at radius 2 is 2.21 bits per heavy atom. The van der Waals surface area contributed by atoms with Crippen molar-refractivity contribution in [1.82, 2.24) is 4.90 Å². The molecule has 1 N–H and O–H groups in total. The lowest BCUT2D eigenvalue weighted by molar-refractivity contribution is -0.127. The number of nitriles is 1. The van der Waals surface area contributed by atoms with Crippen LogP contribution in [-0.2, 0) is 11.4 Å². The van der Waals surface area contributed by atoms with Crippen molar-refractivity contribution >= 4 is 11.6 Å². The zero-order valence-corrected chi connectivity index (χ0v) is 11.0. The van der Waals surface area contributed by atoms with Gasteiger partial charge in [0.2, 0.25) is 5.91 Å². The second kappa shape index (κ2) is 5.72. The van der Waals surface area contributed by atoms with Gasteiger partial charge < -0.3 is 14.9 Å². The molecule has 0 spiro atoms. The molecule has 0 saturated carbocycles. The fourth-order valence-corrected chi connectivity index (χ4v) is 2.24. The van der Waals surface area contributed by atoms with Crippen molar-refractivity contribution in [3.8, 4) is 6.07 Å². The molecule has 1 amide bonds. The van der Waals surface area contributed by atoms with Crippen LogP contribution in [0.3, 0.4) is 0 Å². The Hall–Kier alpha value is -2.06. The van der Waals surface area contributed by atoms with E-state index in [1.807, 2.05) is 11.0 Å². The van der Waals surface area contributed by atoms with Crippen molar-refractivity contribution in [3.63, 3.8) is 0 Å². The molecular weight excluding hydrogens is 242 g/mol. The summed E-state index contributed by atoms with van der Waals surface area (Å²) in [7, 11) is 1.80. The molecule has 1 heterocycles. The van der Waals surface area contributed by atoms with Crippen molar-refractivity contribution in [2.75, 3.05) is 31.6 Å². The van der Waals surface area contributed by atoms with Gasteiger partial charge in [-0.15, -0.1) is 0 Å². The highest BCUT2D eigenvalue weighted by molar-refractivity contribution is 5.82. The number of anilines is 1. The first-order valence-electron chi connectivity index (χ1n) is 6.28. The summed E-state index contributed by atoms with van der Waals surface area (Å²) in [5, 5.41) is 18.3. The van der Waals surface area contributed by atoms with Gasteiger partial charge in [-0.3, -0.25) is 4.79 Å². The van der Waals surface area contributed by atoms with Gasteiger partial charge in [0.1, 0.15) is 6.07 Å². The van der Waals surface area contributed by atoms with Gasteiger partial charge in [-0.05, 0) is 24.1 Å². The van der Waals surface area contributed by atoms with E-state index in [1.165, 1.54) is 0 Å². The first-order chi connectivity index (χ1) is 9.15. The van der Waals surface area contributed by atoms with Gasteiger partial charge in [-0.2, -0.15) is 5.26 Å². The van der Waals surface area contributed by atoms with Crippen molar-refractivity contribution < 1.29 is 9.90 Å². The predicted octanol–water partition coefficient (Wildman–Crippen LogP) is 0.719. The number of likely N-dealkylation sites (N-methyl/N-ethyl adjacent to an activating group) is 1. The molecule has 1 aliphatic rings. The fourth-order valence-electron chi connectivity index (χ4n) is 2.24. The molecule has 5 nitrogen and oxygen atoms in total. The van der Waals surface area contributed by atoms with E-state index in [0.29, 0.717) is 17.7 Å².